The van der Waals surface area contributed by atoms with Crippen molar-refractivity contribution < 1.29 is 0 Å². The molecular formula is C15H19Br2N3. The fourth-order valence-electron chi connectivity index (χ4n) is 2.23. The van der Waals surface area contributed by atoms with Crippen molar-refractivity contribution in [3.63, 3.8) is 0 Å². The maximum absolute atomic E-state index is 4.44. The number of benzene rings is 1. The molecule has 0 saturated carbocycles. The summed E-state index contributed by atoms with van der Waals surface area (Å²) in [5, 5.41) is 7.97. The lowest BCUT2D eigenvalue weighted by Crippen LogP contribution is -2.22. The molecule has 1 aromatic carbocycles. The minimum absolute atomic E-state index is 0.150. The van der Waals surface area contributed by atoms with Gasteiger partial charge in [0.25, 0.3) is 0 Å². The van der Waals surface area contributed by atoms with E-state index in [4.69, 9.17) is 0 Å². The van der Waals surface area contributed by atoms with E-state index in [1.165, 1.54) is 11.1 Å². The van der Waals surface area contributed by atoms with Gasteiger partial charge in [0.1, 0.15) is 0 Å². The summed E-state index contributed by atoms with van der Waals surface area (Å²) in [6.07, 6.45) is 5.17. The molecule has 0 saturated heterocycles. The summed E-state index contributed by atoms with van der Waals surface area (Å²) in [6.45, 7) is 6.14. The molecule has 1 N–H and O–H groups in total. The second-order valence-corrected chi connectivity index (χ2v) is 6.46. The molecule has 3 nitrogen and oxygen atoms in total. The van der Waals surface area contributed by atoms with Crippen LogP contribution in [0.3, 0.4) is 0 Å². The minimum Gasteiger partial charge on any atom is -0.306 e. The maximum atomic E-state index is 4.44. The lowest BCUT2D eigenvalue weighted by molar-refractivity contribution is 0.597. The highest BCUT2D eigenvalue weighted by molar-refractivity contribution is 9.11. The van der Waals surface area contributed by atoms with E-state index in [1.54, 1.807) is 0 Å². The van der Waals surface area contributed by atoms with E-state index in [9.17, 15) is 0 Å². The lowest BCUT2D eigenvalue weighted by Gasteiger charge is -2.18. The van der Waals surface area contributed by atoms with Crippen molar-refractivity contribution in [1.29, 1.82) is 0 Å². The van der Waals surface area contributed by atoms with Crippen LogP contribution < -0.4 is 5.32 Å². The van der Waals surface area contributed by atoms with Gasteiger partial charge in [0.05, 0.1) is 12.2 Å². The maximum Gasteiger partial charge on any atom is 0.0619 e. The molecule has 0 aliphatic rings. The van der Waals surface area contributed by atoms with E-state index < -0.39 is 0 Å². The zero-order valence-corrected chi connectivity index (χ0v) is 14.9. The first kappa shape index (κ1) is 15.7. The summed E-state index contributed by atoms with van der Waals surface area (Å²) in [5.74, 6) is 0. The van der Waals surface area contributed by atoms with Crippen molar-refractivity contribution in [3.05, 3.63) is 50.7 Å². The molecule has 0 radical (unpaired) electrons. The third kappa shape index (κ3) is 3.71. The summed E-state index contributed by atoms with van der Waals surface area (Å²) in [5.41, 5.74) is 2.41. The molecule has 1 heterocycles. The first-order valence-corrected chi connectivity index (χ1v) is 8.45. The number of rotatable bonds is 6. The summed E-state index contributed by atoms with van der Waals surface area (Å²) >= 11 is 7.20. The van der Waals surface area contributed by atoms with Crippen LogP contribution in [0.4, 0.5) is 0 Å². The third-order valence-electron chi connectivity index (χ3n) is 3.12. The molecule has 108 valence electrons. The Morgan fingerprint density at radius 1 is 1.30 bits per heavy atom. The number of nitrogens with one attached hydrogen (secondary N) is 1. The molecule has 0 spiro atoms. The van der Waals surface area contributed by atoms with Gasteiger partial charge in [0.2, 0.25) is 0 Å². The van der Waals surface area contributed by atoms with Crippen molar-refractivity contribution >= 4 is 31.9 Å². The predicted octanol–water partition coefficient (Wildman–Crippen LogP) is 4.52. The zero-order valence-electron chi connectivity index (χ0n) is 11.7. The molecule has 0 fully saturated rings. The highest BCUT2D eigenvalue weighted by Gasteiger charge is 2.18. The molecule has 0 bridgehead atoms. The Labute approximate surface area is 137 Å². The molecule has 0 aliphatic carbocycles. The van der Waals surface area contributed by atoms with Crippen LogP contribution in [-0.4, -0.2) is 16.3 Å². The molecule has 1 atom stereocenters. The SMILES string of the molecule is CCCn1cc(C(NCC)c2cc(Br)ccc2Br)cn1. The second-order valence-electron chi connectivity index (χ2n) is 4.69. The summed E-state index contributed by atoms with van der Waals surface area (Å²) in [6, 6.07) is 6.41. The fourth-order valence-corrected chi connectivity index (χ4v) is 3.08. The van der Waals surface area contributed by atoms with Crippen LogP contribution in [0.2, 0.25) is 0 Å². The van der Waals surface area contributed by atoms with Gasteiger partial charge in [0.15, 0.2) is 0 Å². The molecule has 20 heavy (non-hydrogen) atoms. The molecule has 1 aromatic heterocycles. The van der Waals surface area contributed by atoms with Gasteiger partial charge in [-0.1, -0.05) is 45.7 Å². The van der Waals surface area contributed by atoms with E-state index in [0.717, 1.165) is 28.5 Å². The summed E-state index contributed by atoms with van der Waals surface area (Å²) in [7, 11) is 0. The van der Waals surface area contributed by atoms with Gasteiger partial charge in [-0.3, -0.25) is 4.68 Å². The van der Waals surface area contributed by atoms with Gasteiger partial charge in [-0.2, -0.15) is 5.10 Å². The Hall–Kier alpha value is -0.650. The molecule has 1 unspecified atom stereocenters. The average Bonchev–Trinajstić information content (AvgIpc) is 2.88. The van der Waals surface area contributed by atoms with Crippen LogP contribution in [0.5, 0.6) is 0 Å². The van der Waals surface area contributed by atoms with E-state index in [2.05, 4.69) is 74.5 Å². The second kappa shape index (κ2) is 7.38. The normalized spacial score (nSPS) is 12.6. The molecule has 0 aliphatic heterocycles. The van der Waals surface area contributed by atoms with Crippen LogP contribution >= 0.6 is 31.9 Å². The van der Waals surface area contributed by atoms with Crippen LogP contribution in [0, 0.1) is 0 Å². The first-order valence-electron chi connectivity index (χ1n) is 6.86. The Morgan fingerprint density at radius 3 is 2.80 bits per heavy atom. The number of nitrogens with zero attached hydrogens (tertiary/aromatic N) is 2. The first-order chi connectivity index (χ1) is 9.65. The average molecular weight is 401 g/mol. The predicted molar refractivity (Wildman–Crippen MR) is 89.9 cm³/mol. The number of halogens is 2. The highest BCUT2D eigenvalue weighted by Crippen LogP contribution is 2.31. The van der Waals surface area contributed by atoms with Gasteiger partial charge in [-0.25, -0.2) is 0 Å². The Kier molecular flexibility index (Phi) is 5.81. The quantitative estimate of drug-likeness (QED) is 0.772. The Morgan fingerprint density at radius 2 is 2.10 bits per heavy atom. The van der Waals surface area contributed by atoms with E-state index in [0.29, 0.717) is 0 Å². The van der Waals surface area contributed by atoms with Crippen molar-refractivity contribution in [3.8, 4) is 0 Å². The van der Waals surface area contributed by atoms with Crippen LogP contribution in [-0.2, 0) is 6.54 Å². The summed E-state index contributed by atoms with van der Waals surface area (Å²) < 4.78 is 4.19. The van der Waals surface area contributed by atoms with Gasteiger partial charge in [0, 0.05) is 27.3 Å². The van der Waals surface area contributed by atoms with Gasteiger partial charge in [-0.15, -0.1) is 0 Å². The topological polar surface area (TPSA) is 29.9 Å². The number of aromatic nitrogens is 2. The van der Waals surface area contributed by atoms with Crippen LogP contribution in [0.25, 0.3) is 0 Å². The molecule has 2 aromatic rings. The van der Waals surface area contributed by atoms with E-state index >= 15 is 0 Å². The number of hydrogen-bond acceptors (Lipinski definition) is 2. The van der Waals surface area contributed by atoms with E-state index in [-0.39, 0.29) is 6.04 Å². The van der Waals surface area contributed by atoms with Gasteiger partial charge < -0.3 is 5.32 Å². The van der Waals surface area contributed by atoms with Gasteiger partial charge >= 0.3 is 0 Å². The fraction of sp³-hybridized carbons (Fsp3) is 0.400. The van der Waals surface area contributed by atoms with Gasteiger partial charge in [-0.05, 0) is 36.7 Å². The summed E-state index contributed by atoms with van der Waals surface area (Å²) in [4.78, 5) is 0. The smallest absolute Gasteiger partial charge is 0.0619 e. The van der Waals surface area contributed by atoms with Crippen molar-refractivity contribution in [2.75, 3.05) is 6.54 Å². The number of hydrogen-bond donors (Lipinski definition) is 1. The zero-order chi connectivity index (χ0) is 14.5. The van der Waals surface area contributed by atoms with E-state index in [1.807, 2.05) is 16.9 Å². The number of aryl methyl sites for hydroxylation is 1. The van der Waals surface area contributed by atoms with Crippen LogP contribution in [0.15, 0.2) is 39.5 Å². The highest BCUT2D eigenvalue weighted by atomic mass is 79.9. The van der Waals surface area contributed by atoms with Crippen molar-refractivity contribution in [2.24, 2.45) is 0 Å². The van der Waals surface area contributed by atoms with Crippen molar-refractivity contribution in [2.45, 2.75) is 32.9 Å². The molecule has 0 amide bonds. The standard InChI is InChI=1S/C15H19Br2N3/c1-3-7-20-10-11(9-19-20)15(18-4-2)13-8-12(16)5-6-14(13)17/h5-6,8-10,15,18H,3-4,7H2,1-2H3. The molecule has 2 rings (SSSR count). The molecular weight excluding hydrogens is 382 g/mol. The Bertz CT molecular complexity index is 566. The van der Waals surface area contributed by atoms with Crippen LogP contribution in [0.1, 0.15) is 37.4 Å². The minimum atomic E-state index is 0.150. The van der Waals surface area contributed by atoms with Crippen molar-refractivity contribution in [1.82, 2.24) is 15.1 Å². The monoisotopic (exact) mass is 399 g/mol. The lowest BCUT2D eigenvalue weighted by atomic mass is 10.0. The molecule has 5 heteroatoms. The third-order valence-corrected chi connectivity index (χ3v) is 4.33. The Balaban J connectivity index is 2.36. The largest absolute Gasteiger partial charge is 0.306 e.